The van der Waals surface area contributed by atoms with Crippen LogP contribution in [0.4, 0.5) is 5.69 Å². The van der Waals surface area contributed by atoms with Gasteiger partial charge in [0.1, 0.15) is 0 Å². The van der Waals surface area contributed by atoms with Gasteiger partial charge in [-0.05, 0) is 68.2 Å². The first-order chi connectivity index (χ1) is 12.4. The van der Waals surface area contributed by atoms with Crippen molar-refractivity contribution < 1.29 is 13.2 Å². The Kier molecular flexibility index (Phi) is 4.69. The van der Waals surface area contributed by atoms with Crippen LogP contribution in [0.1, 0.15) is 48.9 Å². The van der Waals surface area contributed by atoms with E-state index in [-0.39, 0.29) is 23.7 Å². The van der Waals surface area contributed by atoms with Crippen molar-refractivity contribution in [1.82, 2.24) is 5.32 Å². The fourth-order valence-electron chi connectivity index (χ4n) is 4.97. The highest BCUT2D eigenvalue weighted by atomic mass is 32.2. The maximum atomic E-state index is 12.7. The minimum atomic E-state index is -3.19. The lowest BCUT2D eigenvalue weighted by molar-refractivity contribution is 0.0756. The average Bonchev–Trinajstić information content (AvgIpc) is 2.95. The van der Waals surface area contributed by atoms with E-state index in [2.05, 4.69) is 5.32 Å². The molecule has 0 radical (unpaired) electrons. The van der Waals surface area contributed by atoms with E-state index in [0.717, 1.165) is 25.7 Å². The van der Waals surface area contributed by atoms with E-state index in [1.165, 1.54) is 10.7 Å². The van der Waals surface area contributed by atoms with Crippen LogP contribution in [0.3, 0.4) is 0 Å². The Labute approximate surface area is 155 Å². The minimum Gasteiger partial charge on any atom is -0.349 e. The van der Waals surface area contributed by atoms with Crippen LogP contribution in [0.15, 0.2) is 24.3 Å². The van der Waals surface area contributed by atoms with Gasteiger partial charge in [-0.2, -0.15) is 0 Å². The molecular weight excluding hydrogens is 350 g/mol. The SMILES string of the molecule is NC1CC2CCCC(C1)C2NC(=O)c1ccc(N2CCCS2(=O)=O)cc1. The molecule has 4 rings (SSSR count). The Hall–Kier alpha value is -1.60. The van der Waals surface area contributed by atoms with Crippen molar-refractivity contribution in [3.05, 3.63) is 29.8 Å². The summed E-state index contributed by atoms with van der Waals surface area (Å²) in [7, 11) is -3.19. The van der Waals surface area contributed by atoms with Crippen LogP contribution in [0.2, 0.25) is 0 Å². The van der Waals surface area contributed by atoms with Gasteiger partial charge in [0.15, 0.2) is 0 Å². The van der Waals surface area contributed by atoms with Crippen molar-refractivity contribution in [2.75, 3.05) is 16.6 Å². The molecule has 2 aliphatic carbocycles. The first-order valence-electron chi connectivity index (χ1n) is 9.61. The molecule has 1 saturated heterocycles. The number of nitrogens with one attached hydrogen (secondary N) is 1. The van der Waals surface area contributed by atoms with Gasteiger partial charge < -0.3 is 11.1 Å². The van der Waals surface area contributed by atoms with Gasteiger partial charge in [0, 0.05) is 24.2 Å². The Morgan fingerprint density at radius 1 is 1.08 bits per heavy atom. The Morgan fingerprint density at radius 3 is 2.31 bits per heavy atom. The smallest absolute Gasteiger partial charge is 0.251 e. The number of anilines is 1. The zero-order chi connectivity index (χ0) is 18.3. The maximum absolute atomic E-state index is 12.7. The molecule has 1 heterocycles. The molecule has 2 atom stereocenters. The number of nitrogens with two attached hydrogens (primary N) is 1. The topological polar surface area (TPSA) is 92.5 Å². The van der Waals surface area contributed by atoms with Gasteiger partial charge >= 0.3 is 0 Å². The largest absolute Gasteiger partial charge is 0.349 e. The van der Waals surface area contributed by atoms with Crippen molar-refractivity contribution in [3.63, 3.8) is 0 Å². The predicted octanol–water partition coefficient (Wildman–Crippen LogP) is 1.86. The predicted molar refractivity (Wildman–Crippen MR) is 101 cm³/mol. The lowest BCUT2D eigenvalue weighted by Crippen LogP contribution is -2.53. The fourth-order valence-corrected chi connectivity index (χ4v) is 6.53. The van der Waals surface area contributed by atoms with Gasteiger partial charge in [-0.15, -0.1) is 0 Å². The standard InChI is InChI=1S/C19H27N3O3S/c20-16-11-14-3-1-4-15(12-16)18(14)21-19(23)13-5-7-17(8-6-13)22-9-2-10-26(22,24)25/h5-8,14-16,18H,1-4,9-12,20H2,(H,21,23). The first kappa shape index (κ1) is 17.8. The molecule has 1 aliphatic heterocycles. The number of nitrogens with zero attached hydrogens (tertiary/aromatic N) is 1. The molecule has 2 bridgehead atoms. The average molecular weight is 378 g/mol. The second-order valence-corrected chi connectivity index (χ2v) is 9.98. The van der Waals surface area contributed by atoms with E-state index >= 15 is 0 Å². The summed E-state index contributed by atoms with van der Waals surface area (Å²) in [4.78, 5) is 12.7. The molecular formula is C19H27N3O3S. The molecule has 3 N–H and O–H groups in total. The molecule has 3 aliphatic rings. The molecule has 26 heavy (non-hydrogen) atoms. The zero-order valence-corrected chi connectivity index (χ0v) is 15.7. The van der Waals surface area contributed by atoms with E-state index in [9.17, 15) is 13.2 Å². The summed E-state index contributed by atoms with van der Waals surface area (Å²) in [6, 6.07) is 7.39. The number of rotatable bonds is 3. The monoisotopic (exact) mass is 377 g/mol. The van der Waals surface area contributed by atoms with Crippen LogP contribution in [0.5, 0.6) is 0 Å². The number of sulfonamides is 1. The third kappa shape index (κ3) is 3.34. The number of benzene rings is 1. The molecule has 2 saturated carbocycles. The first-order valence-corrected chi connectivity index (χ1v) is 11.2. The molecule has 2 unspecified atom stereocenters. The molecule has 1 amide bonds. The van der Waals surface area contributed by atoms with Crippen LogP contribution in [0.25, 0.3) is 0 Å². The van der Waals surface area contributed by atoms with Crippen LogP contribution >= 0.6 is 0 Å². The number of hydrogen-bond donors (Lipinski definition) is 2. The molecule has 1 aromatic carbocycles. The Morgan fingerprint density at radius 2 is 1.73 bits per heavy atom. The van der Waals surface area contributed by atoms with E-state index in [0.29, 0.717) is 36.1 Å². The van der Waals surface area contributed by atoms with Gasteiger partial charge in [-0.25, -0.2) is 8.42 Å². The number of carbonyl (C=O) groups excluding carboxylic acids is 1. The lowest BCUT2D eigenvalue weighted by atomic mass is 9.67. The Bertz CT molecular complexity index is 764. The Balaban J connectivity index is 1.45. The van der Waals surface area contributed by atoms with Crippen LogP contribution in [-0.4, -0.2) is 38.7 Å². The van der Waals surface area contributed by atoms with Gasteiger partial charge in [0.2, 0.25) is 10.0 Å². The van der Waals surface area contributed by atoms with Crippen molar-refractivity contribution in [2.24, 2.45) is 17.6 Å². The highest BCUT2D eigenvalue weighted by Crippen LogP contribution is 2.39. The number of hydrogen-bond acceptors (Lipinski definition) is 4. The summed E-state index contributed by atoms with van der Waals surface area (Å²) in [5.41, 5.74) is 7.38. The van der Waals surface area contributed by atoms with Crippen molar-refractivity contribution in [1.29, 1.82) is 0 Å². The second kappa shape index (κ2) is 6.85. The zero-order valence-electron chi connectivity index (χ0n) is 14.9. The van der Waals surface area contributed by atoms with Gasteiger partial charge in [0.05, 0.1) is 11.4 Å². The highest BCUT2D eigenvalue weighted by Gasteiger charge is 2.40. The molecule has 7 heteroatoms. The summed E-state index contributed by atoms with van der Waals surface area (Å²) < 4.78 is 25.5. The van der Waals surface area contributed by atoms with Crippen LogP contribution in [-0.2, 0) is 10.0 Å². The van der Waals surface area contributed by atoms with Crippen LogP contribution in [0, 0.1) is 11.8 Å². The van der Waals surface area contributed by atoms with Crippen molar-refractivity contribution in [2.45, 2.75) is 50.6 Å². The number of fused-ring (bicyclic) bond motifs is 2. The third-order valence-electron chi connectivity index (χ3n) is 6.19. The van der Waals surface area contributed by atoms with Gasteiger partial charge in [-0.1, -0.05) is 6.42 Å². The van der Waals surface area contributed by atoms with E-state index in [4.69, 9.17) is 5.73 Å². The molecule has 0 aromatic heterocycles. The minimum absolute atomic E-state index is 0.0711. The summed E-state index contributed by atoms with van der Waals surface area (Å²) >= 11 is 0. The van der Waals surface area contributed by atoms with Crippen molar-refractivity contribution >= 4 is 21.6 Å². The number of amides is 1. The normalized spacial score (nSPS) is 33.0. The molecule has 142 valence electrons. The third-order valence-corrected chi connectivity index (χ3v) is 8.06. The highest BCUT2D eigenvalue weighted by molar-refractivity contribution is 7.93. The maximum Gasteiger partial charge on any atom is 0.251 e. The fraction of sp³-hybridized carbons (Fsp3) is 0.632. The number of carbonyl (C=O) groups is 1. The van der Waals surface area contributed by atoms with Gasteiger partial charge in [-0.3, -0.25) is 9.10 Å². The summed E-state index contributed by atoms with van der Waals surface area (Å²) in [5.74, 6) is 1.09. The molecule has 1 aromatic rings. The summed E-state index contributed by atoms with van der Waals surface area (Å²) in [6.07, 6.45) is 6.15. The summed E-state index contributed by atoms with van der Waals surface area (Å²) in [6.45, 7) is 0.513. The second-order valence-electron chi connectivity index (χ2n) is 7.97. The molecule has 0 spiro atoms. The van der Waals surface area contributed by atoms with Crippen LogP contribution < -0.4 is 15.4 Å². The van der Waals surface area contributed by atoms with E-state index in [1.807, 2.05) is 0 Å². The molecule has 3 fully saturated rings. The quantitative estimate of drug-likeness (QED) is 0.841. The van der Waals surface area contributed by atoms with E-state index in [1.54, 1.807) is 24.3 Å². The lowest BCUT2D eigenvalue weighted by Gasteiger charge is -2.45. The summed E-state index contributed by atoms with van der Waals surface area (Å²) in [5, 5.41) is 3.24. The van der Waals surface area contributed by atoms with Crippen molar-refractivity contribution in [3.8, 4) is 0 Å². The van der Waals surface area contributed by atoms with E-state index < -0.39 is 10.0 Å². The van der Waals surface area contributed by atoms with Gasteiger partial charge in [0.25, 0.3) is 5.91 Å². The molecule has 6 nitrogen and oxygen atoms in total.